The Labute approximate surface area is 104 Å². The molecule has 1 fully saturated rings. The van der Waals surface area contributed by atoms with Crippen molar-refractivity contribution in [2.75, 3.05) is 6.61 Å². The standard InChI is InChI=1S/C12H12Cl2O2/c1-7-4-9(6-16-7)12(15)8-2-3-10(13)11(14)5-8/h2-3,5,7,9H,4,6H2,1H3. The van der Waals surface area contributed by atoms with Crippen molar-refractivity contribution in [3.05, 3.63) is 33.8 Å². The molecule has 1 aliphatic rings. The molecule has 16 heavy (non-hydrogen) atoms. The average molecular weight is 259 g/mol. The lowest BCUT2D eigenvalue weighted by Crippen LogP contribution is -2.14. The highest BCUT2D eigenvalue weighted by atomic mass is 35.5. The van der Waals surface area contributed by atoms with Gasteiger partial charge in [0.2, 0.25) is 0 Å². The van der Waals surface area contributed by atoms with Crippen LogP contribution in [0.5, 0.6) is 0 Å². The number of Topliss-reactive ketones (excluding diaryl/α,β-unsaturated/α-hetero) is 1. The van der Waals surface area contributed by atoms with Crippen LogP contribution in [0, 0.1) is 5.92 Å². The number of benzene rings is 1. The number of carbonyl (C=O) groups is 1. The quantitative estimate of drug-likeness (QED) is 0.758. The van der Waals surface area contributed by atoms with Crippen LogP contribution in [0.25, 0.3) is 0 Å². The lowest BCUT2D eigenvalue weighted by molar-refractivity contribution is 0.0877. The first-order chi connectivity index (χ1) is 7.58. The lowest BCUT2D eigenvalue weighted by Gasteiger charge is -2.07. The molecule has 4 heteroatoms. The number of ketones is 1. The van der Waals surface area contributed by atoms with Crippen molar-refractivity contribution in [3.63, 3.8) is 0 Å². The second kappa shape index (κ2) is 4.74. The summed E-state index contributed by atoms with van der Waals surface area (Å²) in [5.41, 5.74) is 0.608. The van der Waals surface area contributed by atoms with Gasteiger partial charge in [-0.3, -0.25) is 4.79 Å². The predicted molar refractivity (Wildman–Crippen MR) is 64.3 cm³/mol. The topological polar surface area (TPSA) is 26.3 Å². The van der Waals surface area contributed by atoms with Gasteiger partial charge in [-0.25, -0.2) is 0 Å². The van der Waals surface area contributed by atoms with E-state index in [9.17, 15) is 4.79 Å². The van der Waals surface area contributed by atoms with Crippen molar-refractivity contribution < 1.29 is 9.53 Å². The Hall–Kier alpha value is -0.570. The molecule has 1 aromatic carbocycles. The van der Waals surface area contributed by atoms with Gasteiger partial charge in [-0.05, 0) is 31.5 Å². The van der Waals surface area contributed by atoms with Crippen molar-refractivity contribution in [1.82, 2.24) is 0 Å². The summed E-state index contributed by atoms with van der Waals surface area (Å²) < 4.78 is 5.38. The largest absolute Gasteiger partial charge is 0.378 e. The first kappa shape index (κ1) is 11.9. The molecule has 2 atom stereocenters. The first-order valence-corrected chi connectivity index (χ1v) is 5.94. The van der Waals surface area contributed by atoms with Crippen LogP contribution in [0.15, 0.2) is 18.2 Å². The zero-order chi connectivity index (χ0) is 11.7. The van der Waals surface area contributed by atoms with Crippen molar-refractivity contribution in [3.8, 4) is 0 Å². The third-order valence-corrected chi connectivity index (χ3v) is 3.51. The summed E-state index contributed by atoms with van der Waals surface area (Å²) in [4.78, 5) is 12.1. The molecular weight excluding hydrogens is 247 g/mol. The minimum absolute atomic E-state index is 0.0488. The zero-order valence-electron chi connectivity index (χ0n) is 8.87. The molecule has 0 radical (unpaired) electrons. The molecule has 0 aliphatic carbocycles. The van der Waals surface area contributed by atoms with Crippen molar-refractivity contribution >= 4 is 29.0 Å². The fraction of sp³-hybridized carbons (Fsp3) is 0.417. The molecule has 2 rings (SSSR count). The van der Waals surface area contributed by atoms with Crippen LogP contribution in [-0.4, -0.2) is 18.5 Å². The Bertz CT molecular complexity index is 417. The SMILES string of the molecule is CC1CC(C(=O)c2ccc(Cl)c(Cl)c2)CO1. The van der Waals surface area contributed by atoms with Gasteiger partial charge < -0.3 is 4.74 Å². The highest BCUT2D eigenvalue weighted by Gasteiger charge is 2.29. The van der Waals surface area contributed by atoms with Gasteiger partial charge in [-0.15, -0.1) is 0 Å². The van der Waals surface area contributed by atoms with E-state index >= 15 is 0 Å². The maximum absolute atomic E-state index is 12.1. The van der Waals surface area contributed by atoms with E-state index in [1.807, 2.05) is 6.92 Å². The number of halogens is 2. The number of hydrogen-bond donors (Lipinski definition) is 0. The number of ether oxygens (including phenoxy) is 1. The third-order valence-electron chi connectivity index (χ3n) is 2.77. The molecule has 1 saturated heterocycles. The average Bonchev–Trinajstić information content (AvgIpc) is 2.68. The lowest BCUT2D eigenvalue weighted by atomic mass is 9.95. The van der Waals surface area contributed by atoms with E-state index < -0.39 is 0 Å². The fourth-order valence-electron chi connectivity index (χ4n) is 1.88. The van der Waals surface area contributed by atoms with Crippen molar-refractivity contribution in [2.24, 2.45) is 5.92 Å². The van der Waals surface area contributed by atoms with Crippen LogP contribution < -0.4 is 0 Å². The molecule has 0 amide bonds. The molecule has 0 aromatic heterocycles. The Morgan fingerprint density at radius 1 is 1.38 bits per heavy atom. The number of carbonyl (C=O) groups excluding carboxylic acids is 1. The Morgan fingerprint density at radius 2 is 2.12 bits per heavy atom. The van der Waals surface area contributed by atoms with Gasteiger partial charge in [0.05, 0.1) is 22.8 Å². The minimum Gasteiger partial charge on any atom is -0.378 e. The smallest absolute Gasteiger partial charge is 0.168 e. The van der Waals surface area contributed by atoms with Crippen LogP contribution in [0.2, 0.25) is 10.0 Å². The molecule has 0 spiro atoms. The predicted octanol–water partition coefficient (Wildman–Crippen LogP) is 3.60. The highest BCUT2D eigenvalue weighted by molar-refractivity contribution is 6.42. The van der Waals surface area contributed by atoms with Crippen molar-refractivity contribution in [1.29, 1.82) is 0 Å². The Balaban J connectivity index is 2.18. The van der Waals surface area contributed by atoms with E-state index in [1.165, 1.54) is 0 Å². The molecule has 0 saturated carbocycles. The molecule has 2 unspecified atom stereocenters. The molecule has 1 aromatic rings. The van der Waals surface area contributed by atoms with E-state index in [-0.39, 0.29) is 17.8 Å². The second-order valence-electron chi connectivity index (χ2n) is 4.07. The van der Waals surface area contributed by atoms with Gasteiger partial charge in [0.1, 0.15) is 0 Å². The second-order valence-corrected chi connectivity index (χ2v) is 4.88. The van der Waals surface area contributed by atoms with Crippen molar-refractivity contribution in [2.45, 2.75) is 19.4 Å². The summed E-state index contributed by atoms with van der Waals surface area (Å²) in [6.07, 6.45) is 0.940. The fourth-order valence-corrected chi connectivity index (χ4v) is 2.18. The van der Waals surface area contributed by atoms with E-state index in [0.717, 1.165) is 6.42 Å². The molecular formula is C12H12Cl2O2. The first-order valence-electron chi connectivity index (χ1n) is 5.19. The van der Waals surface area contributed by atoms with E-state index in [0.29, 0.717) is 22.2 Å². The molecule has 1 heterocycles. The number of hydrogen-bond acceptors (Lipinski definition) is 2. The summed E-state index contributed by atoms with van der Waals surface area (Å²) in [5.74, 6) is 0.0372. The van der Waals surface area contributed by atoms with Crippen LogP contribution in [-0.2, 0) is 4.74 Å². The minimum atomic E-state index is -0.0488. The molecule has 2 nitrogen and oxygen atoms in total. The van der Waals surface area contributed by atoms with Gasteiger partial charge in [-0.1, -0.05) is 23.2 Å². The molecule has 86 valence electrons. The van der Waals surface area contributed by atoms with Gasteiger partial charge in [0.15, 0.2) is 5.78 Å². The van der Waals surface area contributed by atoms with Gasteiger partial charge in [0.25, 0.3) is 0 Å². The maximum atomic E-state index is 12.1. The third kappa shape index (κ3) is 2.40. The molecule has 1 aliphatic heterocycles. The molecule has 0 bridgehead atoms. The number of rotatable bonds is 2. The highest BCUT2D eigenvalue weighted by Crippen LogP contribution is 2.27. The summed E-state index contributed by atoms with van der Waals surface area (Å²) in [6.45, 7) is 2.47. The van der Waals surface area contributed by atoms with Crippen LogP contribution in [0.1, 0.15) is 23.7 Å². The van der Waals surface area contributed by atoms with E-state index in [4.69, 9.17) is 27.9 Å². The van der Waals surface area contributed by atoms with Crippen LogP contribution in [0.4, 0.5) is 0 Å². The van der Waals surface area contributed by atoms with Gasteiger partial charge in [0, 0.05) is 11.5 Å². The van der Waals surface area contributed by atoms with E-state index in [1.54, 1.807) is 18.2 Å². The summed E-state index contributed by atoms with van der Waals surface area (Å²) in [6, 6.07) is 4.98. The van der Waals surface area contributed by atoms with Crippen LogP contribution >= 0.6 is 23.2 Å². The monoisotopic (exact) mass is 258 g/mol. The van der Waals surface area contributed by atoms with Crippen LogP contribution in [0.3, 0.4) is 0 Å². The summed E-state index contributed by atoms with van der Waals surface area (Å²) >= 11 is 11.7. The Morgan fingerprint density at radius 3 is 2.69 bits per heavy atom. The zero-order valence-corrected chi connectivity index (χ0v) is 10.4. The maximum Gasteiger partial charge on any atom is 0.168 e. The van der Waals surface area contributed by atoms with E-state index in [2.05, 4.69) is 0 Å². The summed E-state index contributed by atoms with van der Waals surface area (Å²) in [5, 5.41) is 0.883. The summed E-state index contributed by atoms with van der Waals surface area (Å²) in [7, 11) is 0. The Kier molecular flexibility index (Phi) is 3.53. The normalized spacial score (nSPS) is 24.7. The van der Waals surface area contributed by atoms with Gasteiger partial charge >= 0.3 is 0 Å². The van der Waals surface area contributed by atoms with Gasteiger partial charge in [-0.2, -0.15) is 0 Å². The molecule has 0 N–H and O–H groups in total.